The molecule has 4 nitrogen and oxygen atoms in total. The van der Waals surface area contributed by atoms with Gasteiger partial charge in [-0.25, -0.2) is 4.79 Å². The van der Waals surface area contributed by atoms with Gasteiger partial charge in [0.1, 0.15) is 18.9 Å². The number of carbonyl (C=O) groups excluding carboxylic acids is 1. The molecular formula is C18H26NO3+. The van der Waals surface area contributed by atoms with E-state index in [1.807, 2.05) is 12.1 Å². The fraction of sp³-hybridized carbons (Fsp3) is 0.500. The highest BCUT2D eigenvalue weighted by molar-refractivity contribution is 5.89. The molecular weight excluding hydrogens is 278 g/mol. The zero-order valence-electron chi connectivity index (χ0n) is 13.3. The molecule has 0 radical (unpaired) electrons. The van der Waals surface area contributed by atoms with Crippen molar-refractivity contribution in [1.82, 2.24) is 0 Å². The monoisotopic (exact) mass is 304 g/mol. The van der Waals surface area contributed by atoms with E-state index in [2.05, 4.69) is 19.1 Å². The molecule has 0 bridgehead atoms. The molecule has 1 atom stereocenters. The fourth-order valence-corrected chi connectivity index (χ4v) is 2.38. The number of unbranched alkanes of at least 4 members (excludes halogenated alkanes) is 1. The Hall–Kier alpha value is -1.81. The Morgan fingerprint density at radius 2 is 2.00 bits per heavy atom. The van der Waals surface area contributed by atoms with Crippen LogP contribution in [0.3, 0.4) is 0 Å². The molecule has 0 fully saturated rings. The Morgan fingerprint density at radius 3 is 2.68 bits per heavy atom. The molecule has 4 heteroatoms. The van der Waals surface area contributed by atoms with Gasteiger partial charge in [0.25, 0.3) is 0 Å². The Balaban J connectivity index is 1.71. The van der Waals surface area contributed by atoms with Crippen LogP contribution in [-0.2, 0) is 4.74 Å². The normalized spacial score (nSPS) is 17.2. The van der Waals surface area contributed by atoms with Crippen molar-refractivity contribution in [3.8, 4) is 5.75 Å². The van der Waals surface area contributed by atoms with Crippen LogP contribution in [0.15, 0.2) is 36.4 Å². The summed E-state index contributed by atoms with van der Waals surface area (Å²) in [5.74, 6) is 0.543. The van der Waals surface area contributed by atoms with Crippen molar-refractivity contribution >= 4 is 5.97 Å². The number of ether oxygens (including phenoxy) is 2. The number of benzene rings is 1. The molecule has 22 heavy (non-hydrogen) atoms. The maximum absolute atomic E-state index is 12.0. The van der Waals surface area contributed by atoms with Crippen LogP contribution in [0, 0.1) is 0 Å². The van der Waals surface area contributed by atoms with Gasteiger partial charge in [0.05, 0.1) is 25.3 Å². The number of rotatable bonds is 8. The van der Waals surface area contributed by atoms with Crippen LogP contribution in [0.4, 0.5) is 0 Å². The van der Waals surface area contributed by atoms with E-state index < -0.39 is 0 Å². The van der Waals surface area contributed by atoms with Gasteiger partial charge in [0, 0.05) is 6.42 Å². The minimum absolute atomic E-state index is 0.257. The summed E-state index contributed by atoms with van der Waals surface area (Å²) in [5.41, 5.74) is 0.580. The summed E-state index contributed by atoms with van der Waals surface area (Å²) in [6.45, 7) is 6.34. The molecule has 1 aliphatic rings. The van der Waals surface area contributed by atoms with E-state index in [0.717, 1.165) is 44.6 Å². The van der Waals surface area contributed by atoms with Crippen LogP contribution in [0.25, 0.3) is 0 Å². The molecule has 0 aromatic heterocycles. The highest BCUT2D eigenvalue weighted by Gasteiger charge is 2.12. The Morgan fingerprint density at radius 1 is 1.18 bits per heavy atom. The third-order valence-electron chi connectivity index (χ3n) is 3.78. The molecule has 2 rings (SSSR count). The van der Waals surface area contributed by atoms with Crippen molar-refractivity contribution in [2.24, 2.45) is 0 Å². The van der Waals surface area contributed by atoms with E-state index in [1.165, 1.54) is 4.90 Å². The first-order valence-electron chi connectivity index (χ1n) is 8.18. The summed E-state index contributed by atoms with van der Waals surface area (Å²) >= 11 is 0. The van der Waals surface area contributed by atoms with Crippen molar-refractivity contribution in [3.05, 3.63) is 42.0 Å². The maximum atomic E-state index is 12.0. The predicted molar refractivity (Wildman–Crippen MR) is 86.4 cm³/mol. The number of hydrogen-bond donors (Lipinski definition) is 1. The Bertz CT molecular complexity index is 482. The van der Waals surface area contributed by atoms with Gasteiger partial charge in [-0.1, -0.05) is 19.4 Å². The van der Waals surface area contributed by atoms with Gasteiger partial charge in [-0.2, -0.15) is 0 Å². The van der Waals surface area contributed by atoms with Gasteiger partial charge in [-0.15, -0.1) is 0 Å². The van der Waals surface area contributed by atoms with E-state index in [0.29, 0.717) is 18.8 Å². The Labute approximate surface area is 132 Å². The van der Waals surface area contributed by atoms with Crippen molar-refractivity contribution in [1.29, 1.82) is 0 Å². The largest absolute Gasteiger partial charge is 0.494 e. The molecule has 1 aliphatic heterocycles. The van der Waals surface area contributed by atoms with Gasteiger partial charge in [0.2, 0.25) is 0 Å². The second kappa shape index (κ2) is 9.26. The first-order valence-corrected chi connectivity index (χ1v) is 8.18. The number of esters is 1. The number of carbonyl (C=O) groups is 1. The first kappa shape index (κ1) is 16.6. The lowest BCUT2D eigenvalue weighted by atomic mass is 10.2. The molecule has 120 valence electrons. The third-order valence-corrected chi connectivity index (χ3v) is 3.78. The van der Waals surface area contributed by atoms with E-state index in [9.17, 15) is 4.79 Å². The second-order valence-electron chi connectivity index (χ2n) is 5.58. The molecule has 0 aliphatic carbocycles. The lowest BCUT2D eigenvalue weighted by molar-refractivity contribution is -0.895. The minimum atomic E-state index is -0.257. The molecule has 1 unspecified atom stereocenters. The van der Waals surface area contributed by atoms with Gasteiger partial charge in [0.15, 0.2) is 0 Å². The molecule has 1 heterocycles. The van der Waals surface area contributed by atoms with Crippen LogP contribution in [0.1, 0.15) is 36.5 Å². The molecule has 1 aromatic carbocycles. The molecule has 0 saturated carbocycles. The summed E-state index contributed by atoms with van der Waals surface area (Å²) in [5, 5.41) is 0. The summed E-state index contributed by atoms with van der Waals surface area (Å²) in [4.78, 5) is 13.4. The van der Waals surface area contributed by atoms with Crippen molar-refractivity contribution in [2.45, 2.75) is 26.2 Å². The summed E-state index contributed by atoms with van der Waals surface area (Å²) in [7, 11) is 0. The highest BCUT2D eigenvalue weighted by atomic mass is 16.5. The van der Waals surface area contributed by atoms with Crippen LogP contribution in [0.2, 0.25) is 0 Å². The Kier molecular flexibility index (Phi) is 6.97. The zero-order valence-corrected chi connectivity index (χ0v) is 13.3. The fourth-order valence-electron chi connectivity index (χ4n) is 2.38. The lowest BCUT2D eigenvalue weighted by Crippen LogP contribution is -3.12. The van der Waals surface area contributed by atoms with Crippen LogP contribution in [-0.4, -0.2) is 38.8 Å². The van der Waals surface area contributed by atoms with Crippen molar-refractivity contribution in [2.75, 3.05) is 32.8 Å². The van der Waals surface area contributed by atoms with Crippen LogP contribution in [0.5, 0.6) is 5.75 Å². The summed E-state index contributed by atoms with van der Waals surface area (Å²) < 4.78 is 10.9. The van der Waals surface area contributed by atoms with E-state index >= 15 is 0 Å². The van der Waals surface area contributed by atoms with Gasteiger partial charge in [-0.05, 0) is 36.8 Å². The average molecular weight is 304 g/mol. The molecule has 0 saturated heterocycles. The molecule has 0 spiro atoms. The summed E-state index contributed by atoms with van der Waals surface area (Å²) in [6, 6.07) is 7.18. The van der Waals surface area contributed by atoms with Crippen LogP contribution < -0.4 is 9.64 Å². The van der Waals surface area contributed by atoms with E-state index in [-0.39, 0.29) is 5.97 Å². The maximum Gasteiger partial charge on any atom is 0.338 e. The van der Waals surface area contributed by atoms with Crippen molar-refractivity contribution < 1.29 is 19.2 Å². The van der Waals surface area contributed by atoms with Gasteiger partial charge in [-0.3, -0.25) is 0 Å². The summed E-state index contributed by atoms with van der Waals surface area (Å²) in [6.07, 6.45) is 7.66. The number of hydrogen-bond acceptors (Lipinski definition) is 3. The topological polar surface area (TPSA) is 40.0 Å². The zero-order chi connectivity index (χ0) is 15.6. The van der Waals surface area contributed by atoms with Gasteiger partial charge < -0.3 is 14.4 Å². The molecule has 0 amide bonds. The van der Waals surface area contributed by atoms with E-state index in [1.54, 1.807) is 12.1 Å². The highest BCUT2D eigenvalue weighted by Crippen LogP contribution is 2.13. The van der Waals surface area contributed by atoms with E-state index in [4.69, 9.17) is 9.47 Å². The number of nitrogens with one attached hydrogen (secondary N) is 1. The third kappa shape index (κ3) is 5.53. The molecule has 1 N–H and O–H groups in total. The molecule has 1 aromatic rings. The quantitative estimate of drug-likeness (QED) is 0.453. The van der Waals surface area contributed by atoms with Gasteiger partial charge >= 0.3 is 5.97 Å². The van der Waals surface area contributed by atoms with Crippen LogP contribution >= 0.6 is 0 Å². The predicted octanol–water partition coefficient (Wildman–Crippen LogP) is 1.87. The first-order chi connectivity index (χ1) is 10.8. The average Bonchev–Trinajstić information content (AvgIpc) is 2.56. The minimum Gasteiger partial charge on any atom is -0.494 e. The van der Waals surface area contributed by atoms with Crippen molar-refractivity contribution in [3.63, 3.8) is 0 Å². The smallest absolute Gasteiger partial charge is 0.338 e. The SMILES string of the molecule is CCCCOc1ccc(C(=O)OCC[NH+]2CC=CCC2)cc1. The standard InChI is InChI=1S/C18H25NO3/c1-2-3-14-21-17-9-7-16(8-10-17)18(20)22-15-13-19-11-5-4-6-12-19/h4-5,7-10H,2-3,6,11-15H2,1H3/p+1. The lowest BCUT2D eigenvalue weighted by Gasteiger charge is -2.19. The number of quaternary nitrogens is 1. The second-order valence-corrected chi connectivity index (χ2v) is 5.58.